The first-order chi connectivity index (χ1) is 29.6. The summed E-state index contributed by atoms with van der Waals surface area (Å²) in [7, 11) is 0. The van der Waals surface area contributed by atoms with Crippen LogP contribution in [0.4, 0.5) is 0 Å². The molecule has 0 spiro atoms. The molecule has 0 saturated carbocycles. The van der Waals surface area contributed by atoms with Gasteiger partial charge in [-0.15, -0.1) is 0 Å². The SMILES string of the molecule is CCCCCCc1cc2c(cc1CCCCCC)[C@H]1O[C@H]2[C@@H]2CC3=C(CC4=C(C3)CC3=C(C4)C[C@H]4[C@H](C3)[C@H]3O[C@H]4c4cc(CCCCCC)c(CCCCCC)cc43)C[C@@H]21. The van der Waals surface area contributed by atoms with E-state index in [2.05, 4.69) is 52.0 Å². The van der Waals surface area contributed by atoms with Crippen LogP contribution in [0.2, 0.25) is 0 Å². The molecule has 2 nitrogen and oxygen atoms in total. The minimum absolute atomic E-state index is 0.327. The molecule has 0 amide bonds. The maximum absolute atomic E-state index is 7.10. The molecule has 4 bridgehead atoms. The van der Waals surface area contributed by atoms with E-state index in [-0.39, 0.29) is 0 Å². The van der Waals surface area contributed by atoms with Crippen LogP contribution in [0, 0.1) is 23.7 Å². The molecule has 8 aliphatic rings. The summed E-state index contributed by atoms with van der Waals surface area (Å²) in [5.41, 5.74) is 24.0. The van der Waals surface area contributed by atoms with Gasteiger partial charge in [0, 0.05) is 0 Å². The second-order valence-electron chi connectivity index (χ2n) is 21.5. The zero-order chi connectivity index (χ0) is 40.7. The van der Waals surface area contributed by atoms with Gasteiger partial charge in [-0.3, -0.25) is 0 Å². The standard InChI is InChI=1S/C58H80O2/c1-5-9-13-17-21-37-29-47-48(30-38(37)22-18-14-10-6-2)56-52-34-44-26-42-28-46-36-54-53(35-45(46)27-41(42)25-43(44)33-51(52)55(47)59-56)57-49-31-39(23-19-15-11-7-3)40(24-20-16-12-8-4)32-50(49)58(54)60-57/h29-32,51-58H,5-28,33-36H2,1-4H3/t51-,52-,53-,54+,55-,56-,57+,58+/m0/s1. The van der Waals surface area contributed by atoms with Crippen molar-refractivity contribution in [2.24, 2.45) is 23.7 Å². The Labute approximate surface area is 365 Å². The maximum Gasteiger partial charge on any atom is 0.0872 e. The van der Waals surface area contributed by atoms with E-state index in [0.717, 1.165) is 0 Å². The second kappa shape index (κ2) is 18.4. The summed E-state index contributed by atoms with van der Waals surface area (Å²) in [6.07, 6.45) is 38.1. The van der Waals surface area contributed by atoms with Gasteiger partial charge in [0.1, 0.15) is 0 Å². The van der Waals surface area contributed by atoms with E-state index in [0.29, 0.717) is 48.1 Å². The summed E-state index contributed by atoms with van der Waals surface area (Å²) in [5.74, 6) is 2.72. The first-order valence-corrected chi connectivity index (χ1v) is 26.3. The Bertz CT molecular complexity index is 1710. The third-order valence-electron chi connectivity index (χ3n) is 17.6. The van der Waals surface area contributed by atoms with Gasteiger partial charge in [-0.2, -0.15) is 0 Å². The molecule has 0 N–H and O–H groups in total. The Morgan fingerprint density at radius 3 is 0.817 bits per heavy atom. The van der Waals surface area contributed by atoms with E-state index in [4.69, 9.17) is 9.47 Å². The van der Waals surface area contributed by atoms with Gasteiger partial charge >= 0.3 is 0 Å². The number of ether oxygens (including phenoxy) is 2. The van der Waals surface area contributed by atoms with Crippen molar-refractivity contribution < 1.29 is 9.47 Å². The first kappa shape index (κ1) is 41.6. The highest BCUT2D eigenvalue weighted by Gasteiger charge is 2.56. The smallest absolute Gasteiger partial charge is 0.0872 e. The summed E-state index contributed by atoms with van der Waals surface area (Å²) in [5, 5.41) is 0. The van der Waals surface area contributed by atoms with E-state index < -0.39 is 0 Å². The molecule has 0 radical (unpaired) electrons. The number of rotatable bonds is 20. The largest absolute Gasteiger partial charge is 0.365 e. The fraction of sp³-hybridized carbons (Fsp3) is 0.690. The first-order valence-electron chi connectivity index (χ1n) is 26.3. The van der Waals surface area contributed by atoms with Crippen LogP contribution in [0.15, 0.2) is 57.7 Å². The Kier molecular flexibility index (Phi) is 12.7. The number of allylic oxidation sites excluding steroid dienone is 6. The Morgan fingerprint density at radius 1 is 0.333 bits per heavy atom. The van der Waals surface area contributed by atoms with Gasteiger partial charge in [0.15, 0.2) is 0 Å². The number of aryl methyl sites for hydroxylation is 4. The van der Waals surface area contributed by atoms with Crippen molar-refractivity contribution in [3.05, 3.63) is 102 Å². The number of fused-ring (bicyclic) bond motifs is 16. The number of benzene rings is 2. The summed E-state index contributed by atoms with van der Waals surface area (Å²) in [6, 6.07) is 10.7. The fourth-order valence-corrected chi connectivity index (χ4v) is 14.4. The van der Waals surface area contributed by atoms with Crippen molar-refractivity contribution >= 4 is 0 Å². The average molecular weight is 809 g/mol. The van der Waals surface area contributed by atoms with Crippen molar-refractivity contribution in [1.29, 1.82) is 0 Å². The molecular weight excluding hydrogens is 729 g/mol. The quantitative estimate of drug-likeness (QED) is 0.0980. The van der Waals surface area contributed by atoms with Crippen molar-refractivity contribution in [2.75, 3.05) is 0 Å². The van der Waals surface area contributed by atoms with Gasteiger partial charge < -0.3 is 9.47 Å². The van der Waals surface area contributed by atoms with Gasteiger partial charge in [0.25, 0.3) is 0 Å². The number of hydrogen-bond acceptors (Lipinski definition) is 2. The Morgan fingerprint density at radius 2 is 0.583 bits per heavy atom. The molecule has 0 unspecified atom stereocenters. The minimum Gasteiger partial charge on any atom is -0.365 e. The lowest BCUT2D eigenvalue weighted by Crippen LogP contribution is -2.30. The molecule has 60 heavy (non-hydrogen) atoms. The highest BCUT2D eigenvalue weighted by atomic mass is 16.5. The molecule has 2 saturated heterocycles. The average Bonchev–Trinajstić information content (AvgIpc) is 4.02. The summed E-state index contributed by atoms with van der Waals surface area (Å²) < 4.78 is 14.2. The molecule has 10 rings (SSSR count). The molecule has 2 heteroatoms. The van der Waals surface area contributed by atoms with Crippen molar-refractivity contribution in [3.63, 3.8) is 0 Å². The van der Waals surface area contributed by atoms with E-state index in [1.165, 1.54) is 180 Å². The minimum atomic E-state index is 0.327. The van der Waals surface area contributed by atoms with Crippen LogP contribution in [0.5, 0.6) is 0 Å². The second-order valence-corrected chi connectivity index (χ2v) is 21.5. The molecule has 2 fully saturated rings. The van der Waals surface area contributed by atoms with Crippen LogP contribution in [0.3, 0.4) is 0 Å². The zero-order valence-electron chi connectivity index (χ0n) is 38.5. The van der Waals surface area contributed by atoms with Crippen LogP contribution in [0.1, 0.15) is 251 Å². The summed E-state index contributed by atoms with van der Waals surface area (Å²) in [6.45, 7) is 9.35. The van der Waals surface area contributed by atoms with Crippen molar-refractivity contribution in [3.8, 4) is 0 Å². The van der Waals surface area contributed by atoms with Gasteiger partial charge in [-0.25, -0.2) is 0 Å². The molecule has 4 aliphatic heterocycles. The number of unbranched alkanes of at least 4 members (excludes halogenated alkanes) is 12. The molecule has 2 aromatic rings. The predicted molar refractivity (Wildman–Crippen MR) is 249 cm³/mol. The van der Waals surface area contributed by atoms with Crippen LogP contribution >= 0.6 is 0 Å². The monoisotopic (exact) mass is 809 g/mol. The Hall–Kier alpha value is -2.42. The number of hydrogen-bond donors (Lipinski definition) is 0. The van der Waals surface area contributed by atoms with Gasteiger partial charge in [0.05, 0.1) is 24.4 Å². The lowest BCUT2D eigenvalue weighted by atomic mass is 9.60. The van der Waals surface area contributed by atoms with Gasteiger partial charge in [0.2, 0.25) is 0 Å². The maximum atomic E-state index is 7.10. The fourth-order valence-electron chi connectivity index (χ4n) is 14.4. The highest BCUT2D eigenvalue weighted by molar-refractivity contribution is 5.52. The topological polar surface area (TPSA) is 18.5 Å². The highest BCUT2D eigenvalue weighted by Crippen LogP contribution is 2.66. The van der Waals surface area contributed by atoms with Crippen molar-refractivity contribution in [1.82, 2.24) is 0 Å². The molecular formula is C58H80O2. The van der Waals surface area contributed by atoms with E-state index >= 15 is 0 Å². The van der Waals surface area contributed by atoms with Crippen LogP contribution < -0.4 is 0 Å². The summed E-state index contributed by atoms with van der Waals surface area (Å²) in [4.78, 5) is 0. The van der Waals surface area contributed by atoms with Gasteiger partial charge in [-0.05, 0) is 171 Å². The molecule has 2 aromatic carbocycles. The third kappa shape index (κ3) is 7.81. The normalized spacial score (nSPS) is 29.1. The predicted octanol–water partition coefficient (Wildman–Crippen LogP) is 16.7. The van der Waals surface area contributed by atoms with Crippen LogP contribution in [-0.2, 0) is 35.2 Å². The summed E-state index contributed by atoms with van der Waals surface area (Å²) >= 11 is 0. The molecule has 324 valence electrons. The molecule has 8 atom stereocenters. The van der Waals surface area contributed by atoms with Gasteiger partial charge in [-0.1, -0.05) is 162 Å². The molecule has 0 aromatic heterocycles. The molecule has 4 aliphatic carbocycles. The Balaban J connectivity index is 0.818. The van der Waals surface area contributed by atoms with Crippen LogP contribution in [0.25, 0.3) is 0 Å². The van der Waals surface area contributed by atoms with Crippen molar-refractivity contribution in [2.45, 2.75) is 232 Å². The van der Waals surface area contributed by atoms with E-state index in [1.54, 1.807) is 44.5 Å². The zero-order valence-corrected chi connectivity index (χ0v) is 38.5. The molecule has 4 heterocycles. The lowest BCUT2D eigenvalue weighted by molar-refractivity contribution is 0.0544. The van der Waals surface area contributed by atoms with E-state index in [9.17, 15) is 0 Å². The lowest BCUT2D eigenvalue weighted by Gasteiger charge is -2.43. The third-order valence-corrected chi connectivity index (χ3v) is 17.6. The van der Waals surface area contributed by atoms with E-state index in [1.807, 2.05) is 33.4 Å². The van der Waals surface area contributed by atoms with Crippen LogP contribution in [-0.4, -0.2) is 0 Å².